The lowest BCUT2D eigenvalue weighted by atomic mass is 9.98. The molecule has 6 heteroatoms. The predicted molar refractivity (Wildman–Crippen MR) is 114 cm³/mol. The van der Waals surface area contributed by atoms with Crippen molar-refractivity contribution in [2.45, 2.75) is 26.8 Å². The summed E-state index contributed by atoms with van der Waals surface area (Å²) in [5.74, 6) is 2.96. The van der Waals surface area contributed by atoms with Crippen molar-refractivity contribution in [1.29, 1.82) is 0 Å². The second-order valence-corrected chi connectivity index (χ2v) is 7.18. The first kappa shape index (κ1) is 20.1. The molecular formula is C24H27NO5. The molecule has 0 radical (unpaired) electrons. The van der Waals surface area contributed by atoms with Gasteiger partial charge >= 0.3 is 0 Å². The normalized spacial score (nSPS) is 15.1. The van der Waals surface area contributed by atoms with Crippen molar-refractivity contribution in [1.82, 2.24) is 4.90 Å². The summed E-state index contributed by atoms with van der Waals surface area (Å²) in [5.41, 5.74) is 3.22. The van der Waals surface area contributed by atoms with E-state index in [0.29, 0.717) is 39.5 Å². The van der Waals surface area contributed by atoms with Crippen LogP contribution in [-0.2, 0) is 17.8 Å². The minimum atomic E-state index is -0.0117. The van der Waals surface area contributed by atoms with Crippen molar-refractivity contribution >= 4 is 12.0 Å². The molecule has 2 aliphatic rings. The van der Waals surface area contributed by atoms with Crippen LogP contribution in [-0.4, -0.2) is 43.8 Å². The van der Waals surface area contributed by atoms with Gasteiger partial charge in [-0.05, 0) is 67.3 Å². The maximum Gasteiger partial charge on any atom is 0.246 e. The minimum absolute atomic E-state index is 0.0117. The number of benzene rings is 2. The fraction of sp³-hybridized carbons (Fsp3) is 0.375. The average Bonchev–Trinajstić information content (AvgIpc) is 2.77. The predicted octanol–water partition coefficient (Wildman–Crippen LogP) is 3.85. The van der Waals surface area contributed by atoms with E-state index in [9.17, 15) is 4.79 Å². The molecule has 6 nitrogen and oxygen atoms in total. The molecule has 0 bridgehead atoms. The first-order valence-corrected chi connectivity index (χ1v) is 10.5. The summed E-state index contributed by atoms with van der Waals surface area (Å²) in [4.78, 5) is 14.6. The topological polar surface area (TPSA) is 57.2 Å². The molecule has 0 spiro atoms. The standard InChI is InChI=1S/C24H27NO5/c1-3-27-22-14-18-9-10-25(16-19(18)15-23(22)28-4-2)24(26)8-6-17-5-7-20-21(13-17)30-12-11-29-20/h5-8,13-15H,3-4,9-12,16H2,1-2H3/b8-6+. The van der Waals surface area contributed by atoms with E-state index in [-0.39, 0.29) is 5.91 Å². The number of rotatable bonds is 6. The van der Waals surface area contributed by atoms with Gasteiger partial charge in [-0.2, -0.15) is 0 Å². The summed E-state index contributed by atoms with van der Waals surface area (Å²) in [6.45, 7) is 7.42. The van der Waals surface area contributed by atoms with E-state index in [1.54, 1.807) is 6.08 Å². The molecule has 0 unspecified atom stereocenters. The van der Waals surface area contributed by atoms with Gasteiger partial charge in [0.1, 0.15) is 13.2 Å². The van der Waals surface area contributed by atoms with Crippen molar-refractivity contribution < 1.29 is 23.7 Å². The molecule has 2 aliphatic heterocycles. The van der Waals surface area contributed by atoms with Gasteiger partial charge < -0.3 is 23.8 Å². The first-order valence-electron chi connectivity index (χ1n) is 10.5. The molecule has 0 saturated carbocycles. The van der Waals surface area contributed by atoms with Crippen molar-refractivity contribution in [3.63, 3.8) is 0 Å². The van der Waals surface area contributed by atoms with E-state index in [0.717, 1.165) is 40.5 Å². The lowest BCUT2D eigenvalue weighted by Crippen LogP contribution is -2.34. The summed E-state index contributed by atoms with van der Waals surface area (Å²) in [7, 11) is 0. The van der Waals surface area contributed by atoms with Gasteiger partial charge in [0.15, 0.2) is 23.0 Å². The van der Waals surface area contributed by atoms with E-state index < -0.39 is 0 Å². The van der Waals surface area contributed by atoms with Gasteiger partial charge in [-0.1, -0.05) is 6.07 Å². The lowest BCUT2D eigenvalue weighted by Gasteiger charge is -2.29. The number of carbonyl (C=O) groups is 1. The summed E-state index contributed by atoms with van der Waals surface area (Å²) in [6.07, 6.45) is 4.24. The zero-order valence-electron chi connectivity index (χ0n) is 17.5. The number of ether oxygens (including phenoxy) is 4. The van der Waals surface area contributed by atoms with Gasteiger partial charge in [0.05, 0.1) is 13.2 Å². The lowest BCUT2D eigenvalue weighted by molar-refractivity contribution is -0.126. The Balaban J connectivity index is 1.46. The summed E-state index contributed by atoms with van der Waals surface area (Å²) in [6, 6.07) is 9.76. The molecule has 0 aromatic heterocycles. The fourth-order valence-electron chi connectivity index (χ4n) is 3.73. The second kappa shape index (κ2) is 9.11. The van der Waals surface area contributed by atoms with Crippen LogP contribution in [0.3, 0.4) is 0 Å². The Hall–Kier alpha value is -3.15. The van der Waals surface area contributed by atoms with Crippen LogP contribution in [0, 0.1) is 0 Å². The monoisotopic (exact) mass is 409 g/mol. The van der Waals surface area contributed by atoms with Crippen molar-refractivity contribution in [2.24, 2.45) is 0 Å². The third-order valence-electron chi connectivity index (χ3n) is 5.17. The van der Waals surface area contributed by atoms with Crippen LogP contribution in [0.15, 0.2) is 36.4 Å². The Morgan fingerprint density at radius 1 is 1.00 bits per heavy atom. The van der Waals surface area contributed by atoms with Gasteiger partial charge in [0.25, 0.3) is 0 Å². The number of nitrogens with zero attached hydrogens (tertiary/aromatic N) is 1. The Kier molecular flexibility index (Phi) is 6.12. The quantitative estimate of drug-likeness (QED) is 0.679. The number of carbonyl (C=O) groups excluding carboxylic acids is 1. The number of amides is 1. The zero-order valence-corrected chi connectivity index (χ0v) is 17.5. The third-order valence-corrected chi connectivity index (χ3v) is 5.17. The molecule has 0 N–H and O–H groups in total. The Morgan fingerprint density at radius 3 is 2.43 bits per heavy atom. The molecule has 1 amide bonds. The van der Waals surface area contributed by atoms with Crippen LogP contribution in [0.5, 0.6) is 23.0 Å². The van der Waals surface area contributed by atoms with Crippen molar-refractivity contribution in [3.05, 3.63) is 53.1 Å². The fourth-order valence-corrected chi connectivity index (χ4v) is 3.73. The smallest absolute Gasteiger partial charge is 0.246 e. The highest BCUT2D eigenvalue weighted by Crippen LogP contribution is 2.34. The first-order chi connectivity index (χ1) is 14.7. The molecule has 2 aromatic rings. The van der Waals surface area contributed by atoms with Gasteiger partial charge in [0.2, 0.25) is 5.91 Å². The molecule has 4 rings (SSSR count). The van der Waals surface area contributed by atoms with Crippen LogP contribution in [0.4, 0.5) is 0 Å². The molecule has 30 heavy (non-hydrogen) atoms. The van der Waals surface area contributed by atoms with Crippen LogP contribution in [0.25, 0.3) is 6.08 Å². The van der Waals surface area contributed by atoms with Gasteiger partial charge in [-0.3, -0.25) is 4.79 Å². The Morgan fingerprint density at radius 2 is 1.70 bits per heavy atom. The van der Waals surface area contributed by atoms with Crippen LogP contribution >= 0.6 is 0 Å². The minimum Gasteiger partial charge on any atom is -0.490 e. The van der Waals surface area contributed by atoms with E-state index in [1.165, 1.54) is 5.56 Å². The van der Waals surface area contributed by atoms with Crippen molar-refractivity contribution in [2.75, 3.05) is 33.0 Å². The Bertz CT molecular complexity index is 953. The van der Waals surface area contributed by atoms with E-state index in [1.807, 2.05) is 49.1 Å². The van der Waals surface area contributed by atoms with Crippen molar-refractivity contribution in [3.8, 4) is 23.0 Å². The third kappa shape index (κ3) is 4.37. The number of hydrogen-bond acceptors (Lipinski definition) is 5. The van der Waals surface area contributed by atoms with E-state index >= 15 is 0 Å². The molecule has 158 valence electrons. The summed E-state index contributed by atoms with van der Waals surface area (Å²) < 4.78 is 22.6. The van der Waals surface area contributed by atoms with Gasteiger partial charge in [-0.15, -0.1) is 0 Å². The molecular weight excluding hydrogens is 382 g/mol. The second-order valence-electron chi connectivity index (χ2n) is 7.18. The largest absolute Gasteiger partial charge is 0.490 e. The van der Waals surface area contributed by atoms with Gasteiger partial charge in [-0.25, -0.2) is 0 Å². The molecule has 2 aromatic carbocycles. The zero-order chi connectivity index (χ0) is 20.9. The average molecular weight is 409 g/mol. The number of fused-ring (bicyclic) bond motifs is 2. The number of hydrogen-bond donors (Lipinski definition) is 0. The highest BCUT2D eigenvalue weighted by Gasteiger charge is 2.22. The maximum absolute atomic E-state index is 12.8. The van der Waals surface area contributed by atoms with Gasteiger partial charge in [0, 0.05) is 19.2 Å². The van der Waals surface area contributed by atoms with Crippen LogP contribution in [0.2, 0.25) is 0 Å². The van der Waals surface area contributed by atoms with E-state index in [2.05, 4.69) is 6.07 Å². The summed E-state index contributed by atoms with van der Waals surface area (Å²) in [5, 5.41) is 0. The molecule has 0 atom stereocenters. The molecule has 0 fully saturated rings. The Labute approximate surface area is 177 Å². The SMILES string of the molecule is CCOc1cc2c(cc1OCC)CN(C(=O)/C=C/c1ccc3c(c1)OCCO3)CC2. The van der Waals surface area contributed by atoms with Crippen LogP contribution < -0.4 is 18.9 Å². The molecule has 0 aliphatic carbocycles. The highest BCUT2D eigenvalue weighted by atomic mass is 16.6. The molecule has 2 heterocycles. The summed E-state index contributed by atoms with van der Waals surface area (Å²) >= 11 is 0. The van der Waals surface area contributed by atoms with Crippen LogP contribution in [0.1, 0.15) is 30.5 Å². The van der Waals surface area contributed by atoms with E-state index in [4.69, 9.17) is 18.9 Å². The molecule has 0 saturated heterocycles. The maximum atomic E-state index is 12.8. The highest BCUT2D eigenvalue weighted by molar-refractivity contribution is 5.92.